The van der Waals surface area contributed by atoms with Crippen molar-refractivity contribution in [3.05, 3.63) is 41.9 Å². The average Bonchev–Trinajstić information content (AvgIpc) is 2.93. The Bertz CT molecular complexity index is 670. The Kier molecular flexibility index (Phi) is 4.06. The molecular weight excluding hydrogens is 284 g/mol. The van der Waals surface area contributed by atoms with Crippen molar-refractivity contribution in [1.29, 1.82) is 0 Å². The van der Waals surface area contributed by atoms with Crippen LogP contribution in [-0.4, -0.2) is 51.6 Å². The second kappa shape index (κ2) is 6.15. The number of aromatic nitrogens is 3. The van der Waals surface area contributed by atoms with Gasteiger partial charge in [-0.2, -0.15) is 5.10 Å². The number of hydrogen-bond donors (Lipinski definition) is 1. The maximum Gasteiger partial charge on any atom is 0.354 e. The van der Waals surface area contributed by atoms with Gasteiger partial charge in [0.1, 0.15) is 5.82 Å². The summed E-state index contributed by atoms with van der Waals surface area (Å²) < 4.78 is 7.64. The van der Waals surface area contributed by atoms with Crippen LogP contribution >= 0.6 is 0 Å². The lowest BCUT2D eigenvalue weighted by molar-refractivity contribution is 0.0271. The molecule has 0 saturated carbocycles. The summed E-state index contributed by atoms with van der Waals surface area (Å²) in [6.07, 6.45) is 3.80. The number of aromatic carboxylic acids is 1. The van der Waals surface area contributed by atoms with Gasteiger partial charge in [0.05, 0.1) is 25.5 Å². The third-order valence-electron chi connectivity index (χ3n) is 3.57. The SMILES string of the molecule is Cc1cnn(CC2CN(c3cccc(C(=O)O)n3)CCO2)c1. The van der Waals surface area contributed by atoms with Gasteiger partial charge < -0.3 is 14.7 Å². The van der Waals surface area contributed by atoms with Crippen molar-refractivity contribution in [3.8, 4) is 0 Å². The molecule has 0 bridgehead atoms. The number of carboxylic acid groups (broad SMARTS) is 1. The number of carboxylic acids is 1. The first kappa shape index (κ1) is 14.5. The predicted molar refractivity (Wildman–Crippen MR) is 80.1 cm³/mol. The van der Waals surface area contributed by atoms with E-state index in [9.17, 15) is 4.79 Å². The van der Waals surface area contributed by atoms with Crippen LogP contribution in [0.25, 0.3) is 0 Å². The first-order chi connectivity index (χ1) is 10.6. The van der Waals surface area contributed by atoms with Gasteiger partial charge >= 0.3 is 5.97 Å². The fraction of sp³-hybridized carbons (Fsp3) is 0.400. The van der Waals surface area contributed by atoms with Gasteiger partial charge in [-0.1, -0.05) is 6.07 Å². The smallest absolute Gasteiger partial charge is 0.354 e. The molecular formula is C15H18N4O3. The van der Waals surface area contributed by atoms with Gasteiger partial charge in [-0.15, -0.1) is 0 Å². The van der Waals surface area contributed by atoms with Gasteiger partial charge in [-0.05, 0) is 24.6 Å². The van der Waals surface area contributed by atoms with Crippen LogP contribution in [0.1, 0.15) is 16.1 Å². The molecule has 3 heterocycles. The summed E-state index contributed by atoms with van der Waals surface area (Å²) in [6.45, 7) is 4.62. The van der Waals surface area contributed by atoms with Crippen LogP contribution in [0.4, 0.5) is 5.82 Å². The molecule has 7 heteroatoms. The highest BCUT2D eigenvalue weighted by molar-refractivity contribution is 5.85. The standard InChI is InChI=1S/C15H18N4O3/c1-11-7-16-19(8-11)10-12-9-18(5-6-22-12)14-4-2-3-13(17-14)15(20)21/h2-4,7-8,12H,5-6,9-10H2,1H3,(H,20,21). The second-order valence-electron chi connectivity index (χ2n) is 5.36. The first-order valence-electron chi connectivity index (χ1n) is 7.18. The van der Waals surface area contributed by atoms with E-state index >= 15 is 0 Å². The molecule has 2 aromatic rings. The number of anilines is 1. The third-order valence-corrected chi connectivity index (χ3v) is 3.57. The molecule has 1 N–H and O–H groups in total. The summed E-state index contributed by atoms with van der Waals surface area (Å²) in [7, 11) is 0. The van der Waals surface area contributed by atoms with E-state index in [2.05, 4.69) is 15.0 Å². The Morgan fingerprint density at radius 1 is 1.50 bits per heavy atom. The molecule has 116 valence electrons. The molecule has 1 aliphatic heterocycles. The van der Waals surface area contributed by atoms with Crippen molar-refractivity contribution in [2.45, 2.75) is 19.6 Å². The van der Waals surface area contributed by atoms with E-state index in [1.165, 1.54) is 6.07 Å². The highest BCUT2D eigenvalue weighted by Gasteiger charge is 2.22. The molecule has 7 nitrogen and oxygen atoms in total. The predicted octanol–water partition coefficient (Wildman–Crippen LogP) is 1.19. The van der Waals surface area contributed by atoms with E-state index in [0.29, 0.717) is 32.1 Å². The van der Waals surface area contributed by atoms with Gasteiger partial charge in [0.2, 0.25) is 0 Å². The maximum absolute atomic E-state index is 11.0. The molecule has 1 unspecified atom stereocenters. The summed E-state index contributed by atoms with van der Waals surface area (Å²) in [5.41, 5.74) is 1.17. The molecule has 1 fully saturated rings. The maximum atomic E-state index is 11.0. The fourth-order valence-corrected chi connectivity index (χ4v) is 2.53. The minimum Gasteiger partial charge on any atom is -0.477 e. The molecule has 0 radical (unpaired) electrons. The van der Waals surface area contributed by atoms with E-state index in [1.807, 2.05) is 30.1 Å². The van der Waals surface area contributed by atoms with Crippen LogP contribution in [0.3, 0.4) is 0 Å². The Hall–Kier alpha value is -2.41. The zero-order chi connectivity index (χ0) is 15.5. The highest BCUT2D eigenvalue weighted by atomic mass is 16.5. The Labute approximate surface area is 128 Å². The number of aryl methyl sites for hydroxylation is 1. The zero-order valence-electron chi connectivity index (χ0n) is 12.3. The van der Waals surface area contributed by atoms with Crippen molar-refractivity contribution < 1.29 is 14.6 Å². The molecule has 0 aliphatic carbocycles. The van der Waals surface area contributed by atoms with E-state index in [4.69, 9.17) is 9.84 Å². The lowest BCUT2D eigenvalue weighted by Crippen LogP contribution is -2.44. The highest BCUT2D eigenvalue weighted by Crippen LogP contribution is 2.16. The molecule has 1 atom stereocenters. The van der Waals surface area contributed by atoms with Crippen molar-refractivity contribution in [1.82, 2.24) is 14.8 Å². The summed E-state index contributed by atoms with van der Waals surface area (Å²) in [6, 6.07) is 5.04. The monoisotopic (exact) mass is 302 g/mol. The molecule has 0 spiro atoms. The van der Waals surface area contributed by atoms with Crippen molar-refractivity contribution in [2.75, 3.05) is 24.6 Å². The topological polar surface area (TPSA) is 80.5 Å². The number of rotatable bonds is 4. The number of carbonyl (C=O) groups is 1. The van der Waals surface area contributed by atoms with Crippen LogP contribution in [0.15, 0.2) is 30.6 Å². The fourth-order valence-electron chi connectivity index (χ4n) is 2.53. The number of hydrogen-bond acceptors (Lipinski definition) is 5. The van der Waals surface area contributed by atoms with Gasteiger partial charge in [-0.25, -0.2) is 9.78 Å². The first-order valence-corrected chi connectivity index (χ1v) is 7.18. The summed E-state index contributed by atoms with van der Waals surface area (Å²) in [4.78, 5) is 17.3. The number of morpholine rings is 1. The van der Waals surface area contributed by atoms with Gasteiger partial charge in [-0.3, -0.25) is 4.68 Å². The quantitative estimate of drug-likeness (QED) is 0.914. The average molecular weight is 302 g/mol. The van der Waals surface area contributed by atoms with Crippen molar-refractivity contribution in [3.63, 3.8) is 0 Å². The van der Waals surface area contributed by atoms with E-state index in [-0.39, 0.29) is 11.8 Å². The lowest BCUT2D eigenvalue weighted by atomic mass is 10.2. The minimum absolute atomic E-state index is 0.00309. The van der Waals surface area contributed by atoms with E-state index < -0.39 is 5.97 Å². The summed E-state index contributed by atoms with van der Waals surface area (Å²) in [5, 5.41) is 13.3. The summed E-state index contributed by atoms with van der Waals surface area (Å²) in [5.74, 6) is -0.344. The summed E-state index contributed by atoms with van der Waals surface area (Å²) >= 11 is 0. The van der Waals surface area contributed by atoms with Crippen molar-refractivity contribution in [2.24, 2.45) is 0 Å². The van der Waals surface area contributed by atoms with Crippen LogP contribution in [0, 0.1) is 6.92 Å². The molecule has 1 saturated heterocycles. The van der Waals surface area contributed by atoms with Crippen LogP contribution in [0.5, 0.6) is 0 Å². The third kappa shape index (κ3) is 3.25. The van der Waals surface area contributed by atoms with Crippen LogP contribution in [-0.2, 0) is 11.3 Å². The molecule has 3 rings (SSSR count). The number of nitrogens with zero attached hydrogens (tertiary/aromatic N) is 4. The Morgan fingerprint density at radius 3 is 3.09 bits per heavy atom. The lowest BCUT2D eigenvalue weighted by Gasteiger charge is -2.33. The van der Waals surface area contributed by atoms with E-state index in [1.54, 1.807) is 6.07 Å². The van der Waals surface area contributed by atoms with E-state index in [0.717, 1.165) is 5.56 Å². The largest absolute Gasteiger partial charge is 0.477 e. The van der Waals surface area contributed by atoms with Gasteiger partial charge in [0.25, 0.3) is 0 Å². The molecule has 0 amide bonds. The molecule has 1 aliphatic rings. The minimum atomic E-state index is -1.02. The van der Waals surface area contributed by atoms with Gasteiger partial charge in [0.15, 0.2) is 5.69 Å². The van der Waals surface area contributed by atoms with Gasteiger partial charge in [0, 0.05) is 19.3 Å². The Balaban J connectivity index is 1.70. The van der Waals surface area contributed by atoms with Crippen LogP contribution < -0.4 is 4.90 Å². The number of pyridine rings is 1. The zero-order valence-corrected chi connectivity index (χ0v) is 12.3. The molecule has 2 aromatic heterocycles. The van der Waals surface area contributed by atoms with Crippen LogP contribution in [0.2, 0.25) is 0 Å². The normalized spacial score (nSPS) is 18.4. The molecule has 22 heavy (non-hydrogen) atoms. The van der Waals surface area contributed by atoms with Crippen molar-refractivity contribution >= 4 is 11.8 Å². The Morgan fingerprint density at radius 2 is 2.36 bits per heavy atom. The number of ether oxygens (including phenoxy) is 1. The second-order valence-corrected chi connectivity index (χ2v) is 5.36. The molecule has 0 aromatic carbocycles.